The summed E-state index contributed by atoms with van der Waals surface area (Å²) in [5.41, 5.74) is 9.54. The Morgan fingerprint density at radius 3 is 1.93 bits per heavy atom. The summed E-state index contributed by atoms with van der Waals surface area (Å²) < 4.78 is 0. The van der Waals surface area contributed by atoms with Crippen molar-refractivity contribution in [2.45, 2.75) is 46.2 Å². The van der Waals surface area contributed by atoms with Gasteiger partial charge in [-0.2, -0.15) is 29.5 Å². The zero-order valence-electron chi connectivity index (χ0n) is 27.7. The molecule has 0 unspecified atom stereocenters. The second-order valence-corrected chi connectivity index (χ2v) is 29.0. The number of fused-ring (bicyclic) bond motifs is 4. The van der Waals surface area contributed by atoms with Crippen LogP contribution in [-0.4, -0.2) is 25.7 Å². The Labute approximate surface area is 299 Å². The van der Waals surface area contributed by atoms with Gasteiger partial charge in [0.2, 0.25) is 0 Å². The average Bonchev–Trinajstić information content (AvgIpc) is 3.63. The molecule has 1 aliphatic heterocycles. The maximum atomic E-state index is 4.93. The van der Waals surface area contributed by atoms with Gasteiger partial charge in [0.25, 0.3) is 0 Å². The van der Waals surface area contributed by atoms with Crippen LogP contribution in [0.2, 0.25) is 39.3 Å². The molecule has 0 saturated carbocycles. The van der Waals surface area contributed by atoms with E-state index in [1.54, 1.807) is 10.4 Å². The van der Waals surface area contributed by atoms with E-state index in [9.17, 15) is 0 Å². The summed E-state index contributed by atoms with van der Waals surface area (Å²) in [4.78, 5) is 0. The minimum Gasteiger partial charge on any atom is -0.184 e. The number of hydrogen-bond acceptors (Lipinski definition) is 0. The second kappa shape index (κ2) is 14.9. The van der Waals surface area contributed by atoms with E-state index < -0.39 is 37.0 Å². The zero-order valence-corrected chi connectivity index (χ0v) is 34.7. The van der Waals surface area contributed by atoms with Crippen LogP contribution in [0.1, 0.15) is 5.56 Å². The first kappa shape index (κ1) is 35.1. The minimum atomic E-state index is -1.42. The largest absolute Gasteiger partial charge is 0.184 e. The third-order valence-electron chi connectivity index (χ3n) is 8.49. The molecule has 7 rings (SSSR count). The van der Waals surface area contributed by atoms with Crippen LogP contribution < -0.4 is 20.7 Å². The van der Waals surface area contributed by atoms with E-state index >= 15 is 0 Å². The van der Waals surface area contributed by atoms with Crippen LogP contribution in [0.4, 0.5) is 0 Å². The number of aryl methyl sites for hydroxylation is 1. The molecule has 2 radical (unpaired) electrons. The van der Waals surface area contributed by atoms with Crippen molar-refractivity contribution in [1.29, 1.82) is 0 Å². The molecule has 0 nitrogen and oxygen atoms in total. The van der Waals surface area contributed by atoms with Crippen LogP contribution in [0.25, 0.3) is 44.2 Å². The van der Waals surface area contributed by atoms with Gasteiger partial charge in [0, 0.05) is 0 Å². The molecular formula is C40H40Cl2Si3Zr. The molecular weight excluding hydrogens is 727 g/mol. The van der Waals surface area contributed by atoms with E-state index in [0.29, 0.717) is 0 Å². The Kier molecular flexibility index (Phi) is 11.4. The molecule has 6 aromatic rings. The number of benzene rings is 5. The molecule has 0 amide bonds. The first-order valence-electron chi connectivity index (χ1n) is 15.7. The van der Waals surface area contributed by atoms with Crippen molar-refractivity contribution in [2.75, 3.05) is 0 Å². The third kappa shape index (κ3) is 8.09. The predicted octanol–water partition coefficient (Wildman–Crippen LogP) is 9.79. The maximum absolute atomic E-state index is 4.93. The Morgan fingerprint density at radius 2 is 1.28 bits per heavy atom. The molecule has 1 aliphatic rings. The van der Waals surface area contributed by atoms with Crippen molar-refractivity contribution in [2.24, 2.45) is 0 Å². The molecule has 0 aromatic heterocycles. The van der Waals surface area contributed by atoms with Gasteiger partial charge in [-0.1, -0.05) is 150 Å². The van der Waals surface area contributed by atoms with Gasteiger partial charge in [-0.05, 0) is 18.1 Å². The van der Waals surface area contributed by atoms with Crippen LogP contribution in [0.5, 0.6) is 0 Å². The van der Waals surface area contributed by atoms with E-state index in [-0.39, 0.29) is 0 Å². The van der Waals surface area contributed by atoms with Gasteiger partial charge < -0.3 is 0 Å². The summed E-state index contributed by atoms with van der Waals surface area (Å²) >= 11 is -0.826. The Balaban J connectivity index is 0.000000214. The van der Waals surface area contributed by atoms with Crippen molar-refractivity contribution >= 4 is 74.2 Å². The minimum absolute atomic E-state index is 0.795. The van der Waals surface area contributed by atoms with Crippen LogP contribution in [0.15, 0.2) is 115 Å². The fourth-order valence-corrected chi connectivity index (χ4v) is 9.74. The van der Waals surface area contributed by atoms with Crippen molar-refractivity contribution in [3.05, 3.63) is 127 Å². The van der Waals surface area contributed by atoms with Gasteiger partial charge in [-0.15, -0.1) is 40.1 Å². The summed E-state index contributed by atoms with van der Waals surface area (Å²) in [6.45, 7) is 17.0. The van der Waals surface area contributed by atoms with Crippen molar-refractivity contribution in [3.63, 3.8) is 0 Å². The van der Waals surface area contributed by atoms with E-state index in [0.717, 1.165) is 9.52 Å². The van der Waals surface area contributed by atoms with E-state index in [4.69, 9.17) is 17.0 Å². The number of rotatable bonds is 4. The summed E-state index contributed by atoms with van der Waals surface area (Å²) in [6.07, 6.45) is 0. The first-order valence-corrected chi connectivity index (χ1v) is 30.0. The van der Waals surface area contributed by atoms with Crippen LogP contribution in [-0.2, 0) is 20.8 Å². The smallest absolute Gasteiger partial charge is 0.0920 e. The molecule has 0 fully saturated rings. The van der Waals surface area contributed by atoms with Crippen molar-refractivity contribution < 1.29 is 20.8 Å². The third-order valence-corrected chi connectivity index (χ3v) is 13.9. The second-order valence-electron chi connectivity index (χ2n) is 13.9. The number of hydrogen-bond donors (Lipinski definition) is 0. The SMILES string of the molecule is Cc1ccc2[cH-]c(-c3ccccc3)cc2c1-c1cc([Si](C)(C)C)cc([Si](C)(C)C)c1.[Cl][Zr+2][Cl].[c-]1cccc2c1[Si]c1ccccc1-2. The first-order chi connectivity index (χ1) is 21.9. The van der Waals surface area contributed by atoms with Crippen LogP contribution in [0, 0.1) is 13.0 Å². The van der Waals surface area contributed by atoms with E-state index in [2.05, 4.69) is 161 Å². The molecule has 6 heteroatoms. The topological polar surface area (TPSA) is 0 Å². The summed E-state index contributed by atoms with van der Waals surface area (Å²) in [7, 11) is 7.83. The molecule has 1 heterocycles. The normalized spacial score (nSPS) is 11.8. The Bertz CT molecular complexity index is 1870. The maximum Gasteiger partial charge on any atom is 0.0920 e. The summed E-state index contributed by atoms with van der Waals surface area (Å²) in [6, 6.07) is 45.7. The molecule has 0 spiro atoms. The van der Waals surface area contributed by atoms with E-state index in [1.165, 1.54) is 60.1 Å². The molecule has 46 heavy (non-hydrogen) atoms. The summed E-state index contributed by atoms with van der Waals surface area (Å²) in [5.74, 6) is 0. The molecule has 6 aromatic carbocycles. The summed E-state index contributed by atoms with van der Waals surface area (Å²) in [5, 5.41) is 8.68. The Hall–Kier alpha value is -2.18. The van der Waals surface area contributed by atoms with Gasteiger partial charge in [0.05, 0.1) is 25.7 Å². The predicted molar refractivity (Wildman–Crippen MR) is 209 cm³/mol. The monoisotopic (exact) mass is 764 g/mol. The van der Waals surface area contributed by atoms with Crippen molar-refractivity contribution in [3.8, 4) is 33.4 Å². The van der Waals surface area contributed by atoms with Gasteiger partial charge in [-0.3, -0.25) is 0 Å². The fraction of sp³-hybridized carbons (Fsp3) is 0.175. The molecule has 0 atom stereocenters. The van der Waals surface area contributed by atoms with Gasteiger partial charge in [0.15, 0.2) is 0 Å². The van der Waals surface area contributed by atoms with Gasteiger partial charge >= 0.3 is 37.9 Å². The molecule has 0 bridgehead atoms. The Morgan fingerprint density at radius 1 is 0.674 bits per heavy atom. The number of halogens is 2. The molecule has 0 saturated heterocycles. The van der Waals surface area contributed by atoms with Gasteiger partial charge in [0.1, 0.15) is 0 Å². The quantitative estimate of drug-likeness (QED) is 0.124. The van der Waals surface area contributed by atoms with E-state index in [1.807, 2.05) is 6.07 Å². The standard InChI is InChI=1S/C28H33Si2.C12H7Si.2ClH.Zr/c1-20-13-14-22-15-23(21-11-9-8-10-12-21)18-27(22)28(20)24-16-25(29(2,3)4)19-26(17-24)30(5,6)7;1-3-7-11-9(5-1)10-6-2-4-8-12(10)13-11;;;/h8-19H,1-7H3;1-7H;2*1H;/q2*-1;;;+4/p-2. The zero-order chi connectivity index (χ0) is 33.1. The van der Waals surface area contributed by atoms with Crippen molar-refractivity contribution in [1.82, 2.24) is 0 Å². The van der Waals surface area contributed by atoms with Crippen LogP contribution in [0.3, 0.4) is 0 Å². The fourth-order valence-electron chi connectivity index (χ4n) is 5.94. The average molecular weight is 767 g/mol. The van der Waals surface area contributed by atoms with Gasteiger partial charge in [-0.25, -0.2) is 0 Å². The van der Waals surface area contributed by atoms with Crippen LogP contribution >= 0.6 is 17.0 Å². The molecule has 230 valence electrons. The molecule has 0 N–H and O–H groups in total. The molecule has 0 aliphatic carbocycles.